The molecule has 0 saturated carbocycles. The average molecular weight is 267 g/mol. The minimum Gasteiger partial charge on any atom is -0.497 e. The molecule has 1 aliphatic rings. The standard InChI is InChI=1S/C14H21NO4/c1-15-13(14(7-16)8-19-9-14)11-6-10(17-2)4-5-12(11)18-3/h4-6,13,15-16H,7-9H2,1-3H3. The summed E-state index contributed by atoms with van der Waals surface area (Å²) in [7, 11) is 5.15. The van der Waals surface area contributed by atoms with E-state index in [9.17, 15) is 5.11 Å². The number of rotatable bonds is 6. The van der Waals surface area contributed by atoms with Crippen LogP contribution in [0.2, 0.25) is 0 Å². The highest BCUT2D eigenvalue weighted by atomic mass is 16.5. The molecule has 0 aromatic heterocycles. The van der Waals surface area contributed by atoms with Crippen molar-refractivity contribution in [2.45, 2.75) is 6.04 Å². The largest absolute Gasteiger partial charge is 0.497 e. The van der Waals surface area contributed by atoms with E-state index in [-0.39, 0.29) is 18.1 Å². The normalized spacial score (nSPS) is 18.5. The summed E-state index contributed by atoms with van der Waals surface area (Å²) in [6.07, 6.45) is 0. The van der Waals surface area contributed by atoms with Crippen molar-refractivity contribution in [3.8, 4) is 11.5 Å². The lowest BCUT2D eigenvalue weighted by molar-refractivity contribution is -0.155. The van der Waals surface area contributed by atoms with Crippen LogP contribution in [-0.2, 0) is 4.74 Å². The molecule has 1 aromatic carbocycles. The number of aliphatic hydroxyl groups is 1. The number of hydrogen-bond donors (Lipinski definition) is 2. The summed E-state index contributed by atoms with van der Waals surface area (Å²) in [5.41, 5.74) is 0.677. The maximum atomic E-state index is 9.70. The molecular formula is C14H21NO4. The van der Waals surface area contributed by atoms with Crippen LogP contribution in [0.15, 0.2) is 18.2 Å². The summed E-state index contributed by atoms with van der Waals surface area (Å²) in [5, 5.41) is 13.0. The molecule has 1 saturated heterocycles. The molecule has 0 radical (unpaired) electrons. The smallest absolute Gasteiger partial charge is 0.123 e. The van der Waals surface area contributed by atoms with E-state index in [2.05, 4.69) is 5.32 Å². The van der Waals surface area contributed by atoms with Crippen molar-refractivity contribution in [3.63, 3.8) is 0 Å². The van der Waals surface area contributed by atoms with Gasteiger partial charge in [-0.1, -0.05) is 0 Å². The Labute approximate surface area is 113 Å². The van der Waals surface area contributed by atoms with E-state index in [1.165, 1.54) is 0 Å². The number of benzene rings is 1. The Hall–Kier alpha value is -1.30. The Morgan fingerprint density at radius 2 is 2.11 bits per heavy atom. The topological polar surface area (TPSA) is 60.0 Å². The molecule has 5 heteroatoms. The van der Waals surface area contributed by atoms with Crippen LogP contribution in [0.4, 0.5) is 0 Å². The average Bonchev–Trinajstić information content (AvgIpc) is 2.42. The first kappa shape index (κ1) is 14.1. The predicted molar refractivity (Wildman–Crippen MR) is 71.7 cm³/mol. The van der Waals surface area contributed by atoms with Gasteiger partial charge >= 0.3 is 0 Å². The molecular weight excluding hydrogens is 246 g/mol. The molecule has 1 aromatic rings. The fourth-order valence-corrected chi connectivity index (χ4v) is 2.57. The minimum atomic E-state index is -0.297. The highest BCUT2D eigenvalue weighted by Crippen LogP contribution is 2.43. The van der Waals surface area contributed by atoms with Crippen LogP contribution in [0, 0.1) is 5.41 Å². The van der Waals surface area contributed by atoms with Gasteiger partial charge in [0, 0.05) is 11.6 Å². The highest BCUT2D eigenvalue weighted by molar-refractivity contribution is 5.43. The molecule has 0 spiro atoms. The van der Waals surface area contributed by atoms with Crippen LogP contribution < -0.4 is 14.8 Å². The zero-order valence-corrected chi connectivity index (χ0v) is 11.6. The van der Waals surface area contributed by atoms with Crippen LogP contribution in [0.5, 0.6) is 11.5 Å². The van der Waals surface area contributed by atoms with Crippen LogP contribution in [0.1, 0.15) is 11.6 Å². The number of nitrogens with one attached hydrogen (secondary N) is 1. The molecule has 2 rings (SSSR count). The third kappa shape index (κ3) is 2.41. The van der Waals surface area contributed by atoms with Gasteiger partial charge in [-0.25, -0.2) is 0 Å². The number of methoxy groups -OCH3 is 2. The lowest BCUT2D eigenvalue weighted by Gasteiger charge is -2.46. The van der Waals surface area contributed by atoms with Gasteiger partial charge in [0.05, 0.1) is 39.5 Å². The van der Waals surface area contributed by atoms with Crippen molar-refractivity contribution < 1.29 is 19.3 Å². The molecule has 0 bridgehead atoms. The summed E-state index contributed by atoms with van der Waals surface area (Å²) in [6, 6.07) is 5.63. The fraction of sp³-hybridized carbons (Fsp3) is 0.571. The molecule has 1 heterocycles. The highest BCUT2D eigenvalue weighted by Gasteiger charge is 2.46. The van der Waals surface area contributed by atoms with Crippen LogP contribution >= 0.6 is 0 Å². The molecule has 2 N–H and O–H groups in total. The van der Waals surface area contributed by atoms with Gasteiger partial charge in [0.2, 0.25) is 0 Å². The molecule has 1 unspecified atom stereocenters. The van der Waals surface area contributed by atoms with Gasteiger partial charge < -0.3 is 24.6 Å². The van der Waals surface area contributed by atoms with Crippen molar-refractivity contribution in [2.75, 3.05) is 41.1 Å². The number of ether oxygens (including phenoxy) is 3. The fourth-order valence-electron chi connectivity index (χ4n) is 2.57. The van der Waals surface area contributed by atoms with Crippen molar-refractivity contribution in [1.82, 2.24) is 5.32 Å². The SMILES string of the molecule is CNC(c1cc(OC)ccc1OC)C1(CO)COC1. The molecule has 1 fully saturated rings. The molecule has 0 amide bonds. The van der Waals surface area contributed by atoms with Crippen LogP contribution in [-0.4, -0.2) is 46.2 Å². The summed E-state index contributed by atoms with van der Waals surface area (Å²) < 4.78 is 16.0. The maximum Gasteiger partial charge on any atom is 0.123 e. The van der Waals surface area contributed by atoms with Crippen molar-refractivity contribution in [1.29, 1.82) is 0 Å². The van der Waals surface area contributed by atoms with E-state index in [0.29, 0.717) is 13.2 Å². The van der Waals surface area contributed by atoms with Gasteiger partial charge in [-0.05, 0) is 25.2 Å². The first-order valence-corrected chi connectivity index (χ1v) is 6.28. The van der Waals surface area contributed by atoms with Gasteiger partial charge in [0.25, 0.3) is 0 Å². The summed E-state index contributed by atoms with van der Waals surface area (Å²) in [5.74, 6) is 1.55. The van der Waals surface area contributed by atoms with Gasteiger partial charge in [-0.15, -0.1) is 0 Å². The number of aliphatic hydroxyl groups excluding tert-OH is 1. The molecule has 1 aliphatic heterocycles. The Balaban J connectivity index is 2.41. The maximum absolute atomic E-state index is 9.70. The van der Waals surface area contributed by atoms with E-state index in [0.717, 1.165) is 17.1 Å². The van der Waals surface area contributed by atoms with E-state index in [1.54, 1.807) is 14.2 Å². The van der Waals surface area contributed by atoms with Crippen molar-refractivity contribution in [3.05, 3.63) is 23.8 Å². The van der Waals surface area contributed by atoms with E-state index >= 15 is 0 Å². The zero-order chi connectivity index (χ0) is 13.9. The van der Waals surface area contributed by atoms with Crippen LogP contribution in [0.3, 0.4) is 0 Å². The second kappa shape index (κ2) is 5.77. The van der Waals surface area contributed by atoms with Crippen LogP contribution in [0.25, 0.3) is 0 Å². The zero-order valence-electron chi connectivity index (χ0n) is 11.6. The van der Waals surface area contributed by atoms with E-state index in [1.807, 2.05) is 25.2 Å². The molecule has 5 nitrogen and oxygen atoms in total. The van der Waals surface area contributed by atoms with Gasteiger partial charge in [-0.3, -0.25) is 0 Å². The second-order valence-corrected chi connectivity index (χ2v) is 4.84. The Morgan fingerprint density at radius 3 is 2.53 bits per heavy atom. The number of hydrogen-bond acceptors (Lipinski definition) is 5. The first-order valence-electron chi connectivity index (χ1n) is 6.28. The quantitative estimate of drug-likeness (QED) is 0.804. The first-order chi connectivity index (χ1) is 9.20. The lowest BCUT2D eigenvalue weighted by Crippen LogP contribution is -2.53. The van der Waals surface area contributed by atoms with Gasteiger partial charge in [0.15, 0.2) is 0 Å². The van der Waals surface area contributed by atoms with Gasteiger partial charge in [0.1, 0.15) is 11.5 Å². The Bertz CT molecular complexity index is 426. The molecule has 0 aliphatic carbocycles. The Kier molecular flexibility index (Phi) is 4.29. The predicted octanol–water partition coefficient (Wildman–Crippen LogP) is 0.973. The summed E-state index contributed by atoms with van der Waals surface area (Å²) in [4.78, 5) is 0. The molecule has 1 atom stereocenters. The second-order valence-electron chi connectivity index (χ2n) is 4.84. The van der Waals surface area contributed by atoms with Crippen molar-refractivity contribution in [2.24, 2.45) is 5.41 Å². The van der Waals surface area contributed by atoms with Gasteiger partial charge in [-0.2, -0.15) is 0 Å². The molecule has 106 valence electrons. The molecule has 19 heavy (non-hydrogen) atoms. The third-order valence-corrected chi connectivity index (χ3v) is 3.74. The van der Waals surface area contributed by atoms with E-state index in [4.69, 9.17) is 14.2 Å². The van der Waals surface area contributed by atoms with E-state index < -0.39 is 0 Å². The lowest BCUT2D eigenvalue weighted by atomic mass is 9.75. The van der Waals surface area contributed by atoms with Crippen molar-refractivity contribution >= 4 is 0 Å². The minimum absolute atomic E-state index is 0.0451. The monoisotopic (exact) mass is 267 g/mol. The summed E-state index contributed by atoms with van der Waals surface area (Å²) >= 11 is 0. The summed E-state index contributed by atoms with van der Waals surface area (Å²) in [6.45, 7) is 1.14. The Morgan fingerprint density at radius 1 is 1.37 bits per heavy atom. The third-order valence-electron chi connectivity index (χ3n) is 3.74.